The zero-order valence-electron chi connectivity index (χ0n) is 25.6. The quantitative estimate of drug-likeness (QED) is 0.0329. The first-order valence-corrected chi connectivity index (χ1v) is 14.9. The van der Waals surface area contributed by atoms with E-state index in [-0.39, 0.29) is 19.1 Å². The number of nitrogens with zero attached hydrogens (tertiary/aromatic N) is 7. The molecule has 0 fully saturated rings. The maximum absolute atomic E-state index is 10.9. The molecule has 0 unspecified atom stereocenters. The minimum atomic E-state index is -0.807. The highest BCUT2D eigenvalue weighted by atomic mass is 35.5. The lowest BCUT2D eigenvalue weighted by molar-refractivity contribution is -0.525. The lowest BCUT2D eigenvalue weighted by Gasteiger charge is -2.12. The second kappa shape index (κ2) is 18.1. The molecule has 46 heavy (non-hydrogen) atoms. The molecule has 17 heteroatoms. The molecule has 16 nitrogen and oxygen atoms in total. The van der Waals surface area contributed by atoms with Crippen molar-refractivity contribution in [2.75, 3.05) is 13.7 Å². The van der Waals surface area contributed by atoms with Gasteiger partial charge >= 0.3 is 5.97 Å². The lowest BCUT2D eigenvalue weighted by Crippen LogP contribution is -2.36. The molecule has 0 saturated heterocycles. The summed E-state index contributed by atoms with van der Waals surface area (Å²) in [6.45, 7) is 2.87. The van der Waals surface area contributed by atoms with E-state index in [1.807, 2.05) is 28.8 Å². The number of benzene rings is 2. The summed E-state index contributed by atoms with van der Waals surface area (Å²) < 4.78 is 6.44. The summed E-state index contributed by atoms with van der Waals surface area (Å²) in [5, 5.41) is 33.7. The number of hydrazine groups is 1. The minimum Gasteiger partial charge on any atom is -0.468 e. The second-order valence-corrected chi connectivity index (χ2v) is 10.4. The van der Waals surface area contributed by atoms with Crippen molar-refractivity contribution >= 4 is 23.5 Å². The van der Waals surface area contributed by atoms with Gasteiger partial charge in [0.1, 0.15) is 11.9 Å². The van der Waals surface area contributed by atoms with Gasteiger partial charge in [0.25, 0.3) is 5.96 Å². The Morgan fingerprint density at radius 3 is 2.54 bits per heavy atom. The number of nitro groups is 1. The second-order valence-electron chi connectivity index (χ2n) is 10.00. The molecule has 4 rings (SSSR count). The maximum Gasteiger partial charge on any atom is 0.322 e. The van der Waals surface area contributed by atoms with Crippen molar-refractivity contribution < 1.29 is 19.7 Å². The summed E-state index contributed by atoms with van der Waals surface area (Å²) in [6, 6.07) is 15.6. The topological polar surface area (TPSA) is 238 Å². The minimum absolute atomic E-state index is 0.131. The number of aromatic amines is 1. The van der Waals surface area contributed by atoms with Crippen molar-refractivity contribution in [3.8, 4) is 22.5 Å². The summed E-state index contributed by atoms with van der Waals surface area (Å²) in [6.07, 6.45) is 3.81. The number of aliphatic imine (C=N–C) groups is 1. The third-order valence-electron chi connectivity index (χ3n) is 6.79. The number of rotatable bonds is 14. The normalized spacial score (nSPS) is 11.8. The smallest absolute Gasteiger partial charge is 0.322 e. The first-order valence-electron chi connectivity index (χ1n) is 14.5. The first kappa shape index (κ1) is 35.5. The molecule has 4 aromatic rings. The Morgan fingerprint density at radius 1 is 1.22 bits per heavy atom. The predicted molar refractivity (Wildman–Crippen MR) is 172 cm³/mol. The molecule has 0 aliphatic rings. The van der Waals surface area contributed by atoms with Gasteiger partial charge in [-0.3, -0.25) is 4.79 Å². The molecule has 0 radical (unpaired) electrons. The molecule has 1 atom stereocenters. The molecule has 0 aliphatic carbocycles. The molecule has 0 amide bonds. The molecule has 2 aromatic heterocycles. The lowest BCUT2D eigenvalue weighted by atomic mass is 9.98. The van der Waals surface area contributed by atoms with Crippen LogP contribution in [0.15, 0.2) is 53.5 Å². The number of unbranched alkanes of at least 4 members (excludes halogenated alkanes) is 1. The van der Waals surface area contributed by atoms with Crippen LogP contribution in [0.4, 0.5) is 0 Å². The van der Waals surface area contributed by atoms with E-state index in [0.29, 0.717) is 36.1 Å². The van der Waals surface area contributed by atoms with Crippen LogP contribution in [0, 0.1) is 10.1 Å². The number of halogens is 1. The van der Waals surface area contributed by atoms with Crippen molar-refractivity contribution in [1.82, 2.24) is 35.6 Å². The van der Waals surface area contributed by atoms with Crippen LogP contribution in [-0.4, -0.2) is 71.9 Å². The number of ether oxygens (including phenoxy) is 1. The molecule has 2 heterocycles. The summed E-state index contributed by atoms with van der Waals surface area (Å²) in [4.78, 5) is 28.9. The number of H-pyrrole nitrogens is 1. The Kier molecular flexibility index (Phi) is 14.0. The fraction of sp³-hybridized carbons (Fsp3) is 0.379. The zero-order valence-corrected chi connectivity index (χ0v) is 26.4. The van der Waals surface area contributed by atoms with Crippen molar-refractivity contribution in [3.63, 3.8) is 0 Å². The van der Waals surface area contributed by atoms with Gasteiger partial charge in [0, 0.05) is 25.1 Å². The molecule has 2 aromatic carbocycles. The molecular formula is C29H38ClN11O5. The number of aliphatic hydroxyl groups excluding tert-OH is 1. The van der Waals surface area contributed by atoms with Gasteiger partial charge in [0.15, 0.2) is 10.2 Å². The van der Waals surface area contributed by atoms with Crippen LogP contribution in [0.3, 0.4) is 0 Å². The van der Waals surface area contributed by atoms with Crippen LogP contribution >= 0.6 is 11.6 Å². The van der Waals surface area contributed by atoms with Gasteiger partial charge in [-0.25, -0.2) is 20.1 Å². The van der Waals surface area contributed by atoms with Crippen LogP contribution in [0.2, 0.25) is 5.15 Å². The highest BCUT2D eigenvalue weighted by Gasteiger charge is 2.16. The Morgan fingerprint density at radius 2 is 1.93 bits per heavy atom. The number of carbonyl (C=O) groups excluding carboxylic acids is 1. The average Bonchev–Trinajstić information content (AvgIpc) is 3.69. The summed E-state index contributed by atoms with van der Waals surface area (Å²) in [5.74, 6) is 0.699. The number of aliphatic hydroxyl groups is 1. The van der Waals surface area contributed by atoms with Crippen molar-refractivity contribution in [2.24, 2.45) is 16.5 Å². The van der Waals surface area contributed by atoms with Crippen LogP contribution in [-0.2, 0) is 29.1 Å². The number of imidazole rings is 1. The van der Waals surface area contributed by atoms with Crippen molar-refractivity contribution in [3.05, 3.63) is 80.9 Å². The monoisotopic (exact) mass is 655 g/mol. The van der Waals surface area contributed by atoms with Gasteiger partial charge in [0.2, 0.25) is 5.82 Å². The predicted octanol–water partition coefficient (Wildman–Crippen LogP) is 2.63. The van der Waals surface area contributed by atoms with E-state index in [4.69, 9.17) is 23.1 Å². The zero-order chi connectivity index (χ0) is 33.5. The molecule has 0 spiro atoms. The van der Waals surface area contributed by atoms with Gasteiger partial charge in [-0.05, 0) is 41.2 Å². The van der Waals surface area contributed by atoms with E-state index in [1.54, 1.807) is 5.43 Å². The molecular weight excluding hydrogens is 618 g/mol. The fourth-order valence-electron chi connectivity index (χ4n) is 4.46. The summed E-state index contributed by atoms with van der Waals surface area (Å²) in [5.41, 5.74) is 17.1. The number of hydrogen-bond donors (Lipinski definition) is 5. The van der Waals surface area contributed by atoms with Crippen molar-refractivity contribution in [2.45, 2.75) is 58.2 Å². The summed E-state index contributed by atoms with van der Waals surface area (Å²) in [7, 11) is 1.25. The third-order valence-corrected chi connectivity index (χ3v) is 7.09. The Balaban J connectivity index is 0.000000307. The molecule has 0 aliphatic heterocycles. The highest BCUT2D eigenvalue weighted by molar-refractivity contribution is 6.30. The largest absolute Gasteiger partial charge is 0.468 e. The number of methoxy groups -OCH3 is 1. The number of nitrogens with two attached hydrogens (primary N) is 2. The Labute approximate surface area is 270 Å². The average molecular weight is 656 g/mol. The first-order chi connectivity index (χ1) is 22.2. The number of tetrazole rings is 1. The van der Waals surface area contributed by atoms with Crippen LogP contribution in [0.5, 0.6) is 0 Å². The van der Waals surface area contributed by atoms with Crippen LogP contribution < -0.4 is 16.9 Å². The van der Waals surface area contributed by atoms with E-state index in [1.165, 1.54) is 7.11 Å². The Bertz CT molecular complexity index is 1580. The molecule has 0 saturated carbocycles. The standard InChI is InChI=1S/C22H23ClN6O.C7H15N5O4/c1-2-3-8-20-24-21(23)19(14-30)29(20)13-15-9-11-16(12-10-15)17-6-4-5-7-18(17)22-25-27-28-26-22;1-16-6(13)5(8)3-2-4-10-7(9)11-12(14)15/h4-7,9-12,30H,2-3,8,13-14H2,1H3,(H,25,26,27,28);5H,2-4,8H2,1H3,(H3,9,10,11)/t;5-/m.0/s1. The number of hydrogen-bond acceptors (Lipinski definition) is 11. The van der Waals surface area contributed by atoms with E-state index < -0.39 is 17.0 Å². The van der Waals surface area contributed by atoms with Gasteiger partial charge in [-0.1, -0.05) is 78.9 Å². The Hall–Kier alpha value is -4.93. The number of esters is 1. The number of carbonyl (C=O) groups is 1. The van der Waals surface area contributed by atoms with E-state index >= 15 is 0 Å². The van der Waals surface area contributed by atoms with Crippen LogP contribution in [0.25, 0.3) is 22.5 Å². The number of guanidine groups is 1. The van der Waals surface area contributed by atoms with Gasteiger partial charge < -0.3 is 25.9 Å². The SMILES string of the molecule is CCCCc1nc(Cl)c(CO)n1Cc1ccc(-c2ccccc2-c2nn[nH]n2)cc1.COC(=O)[C@@H](N)CCCN=C(N)N[N+](=O)[O-]. The number of aromatic nitrogens is 6. The van der Waals surface area contributed by atoms with Gasteiger partial charge in [-0.2, -0.15) is 5.21 Å². The van der Waals surface area contributed by atoms with E-state index in [9.17, 15) is 20.0 Å². The van der Waals surface area contributed by atoms with E-state index in [2.05, 4.69) is 66.5 Å². The van der Waals surface area contributed by atoms with Gasteiger partial charge in [-0.15, -0.1) is 10.2 Å². The molecule has 246 valence electrons. The van der Waals surface area contributed by atoms with Crippen molar-refractivity contribution in [1.29, 1.82) is 0 Å². The van der Waals surface area contributed by atoms with Gasteiger partial charge in [0.05, 0.1) is 19.4 Å². The maximum atomic E-state index is 10.9. The molecule has 7 N–H and O–H groups in total. The summed E-state index contributed by atoms with van der Waals surface area (Å²) >= 11 is 6.26. The number of nitrogens with one attached hydrogen (secondary N) is 2. The van der Waals surface area contributed by atoms with E-state index in [0.717, 1.165) is 47.3 Å². The highest BCUT2D eigenvalue weighted by Crippen LogP contribution is 2.30. The third kappa shape index (κ3) is 10.3. The fourth-order valence-corrected chi connectivity index (χ4v) is 4.71. The molecule has 0 bridgehead atoms. The van der Waals surface area contributed by atoms with Crippen LogP contribution in [0.1, 0.15) is 49.7 Å². The number of aryl methyl sites for hydroxylation is 1.